The molecule has 0 spiro atoms. The zero-order chi connectivity index (χ0) is 13.5. The van der Waals surface area contributed by atoms with Gasteiger partial charge >= 0.3 is 0 Å². The second-order valence-corrected chi connectivity index (χ2v) is 5.04. The Kier molecular flexibility index (Phi) is 5.21. The Bertz CT molecular complexity index is 414. The van der Waals surface area contributed by atoms with Crippen LogP contribution in [0.5, 0.6) is 5.75 Å². The highest BCUT2D eigenvalue weighted by Crippen LogP contribution is 2.19. The highest BCUT2D eigenvalue weighted by atomic mass is 16.5. The number of hydrogen-bond acceptors (Lipinski definition) is 3. The number of ether oxygens (including phenoxy) is 1. The first-order chi connectivity index (χ1) is 9.25. The SMILES string of the molecule is O=C([O-])CCc1ccccc1OCC[NH+]1CCCC1. The van der Waals surface area contributed by atoms with Gasteiger partial charge in [0.25, 0.3) is 0 Å². The number of nitrogens with one attached hydrogen (secondary N) is 1. The Balaban J connectivity index is 1.82. The van der Waals surface area contributed by atoms with Crippen molar-refractivity contribution in [3.63, 3.8) is 0 Å². The molecule has 0 amide bonds. The molecule has 1 N–H and O–H groups in total. The van der Waals surface area contributed by atoms with Crippen molar-refractivity contribution in [1.29, 1.82) is 0 Å². The summed E-state index contributed by atoms with van der Waals surface area (Å²) in [5.74, 6) is -0.210. The molecule has 1 aromatic rings. The van der Waals surface area contributed by atoms with Crippen molar-refractivity contribution in [3.8, 4) is 5.75 Å². The number of rotatable bonds is 7. The lowest BCUT2D eigenvalue weighted by molar-refractivity contribution is -0.887. The minimum absolute atomic E-state index is 0.0394. The first-order valence-corrected chi connectivity index (χ1v) is 7.00. The van der Waals surface area contributed by atoms with Crippen molar-refractivity contribution in [2.45, 2.75) is 25.7 Å². The summed E-state index contributed by atoms with van der Waals surface area (Å²) in [5.41, 5.74) is 0.947. The molecule has 0 saturated carbocycles. The van der Waals surface area contributed by atoms with Gasteiger partial charge in [0.15, 0.2) is 0 Å². The Hall–Kier alpha value is -1.55. The van der Waals surface area contributed by atoms with Crippen molar-refractivity contribution in [2.75, 3.05) is 26.2 Å². The van der Waals surface area contributed by atoms with Gasteiger partial charge in [-0.1, -0.05) is 18.2 Å². The highest BCUT2D eigenvalue weighted by molar-refractivity contribution is 5.64. The number of carbonyl (C=O) groups excluding carboxylic acids is 1. The summed E-state index contributed by atoms with van der Waals surface area (Å²) >= 11 is 0. The fraction of sp³-hybridized carbons (Fsp3) is 0.533. The van der Waals surface area contributed by atoms with E-state index in [2.05, 4.69) is 0 Å². The number of carboxylic acids is 1. The van der Waals surface area contributed by atoms with Gasteiger partial charge in [-0.15, -0.1) is 0 Å². The summed E-state index contributed by atoms with van der Waals surface area (Å²) in [6, 6.07) is 7.65. The number of para-hydroxylation sites is 1. The molecule has 0 bridgehead atoms. The molecule has 1 fully saturated rings. The maximum absolute atomic E-state index is 10.5. The van der Waals surface area contributed by atoms with Crippen molar-refractivity contribution in [3.05, 3.63) is 29.8 Å². The minimum Gasteiger partial charge on any atom is -0.550 e. The number of carboxylic acid groups (broad SMARTS) is 1. The summed E-state index contributed by atoms with van der Waals surface area (Å²) in [6.45, 7) is 4.21. The number of hydrogen-bond donors (Lipinski definition) is 1. The van der Waals surface area contributed by atoms with Gasteiger partial charge in [-0.05, 0) is 24.5 Å². The second kappa shape index (κ2) is 7.14. The van der Waals surface area contributed by atoms with Crippen LogP contribution in [0.2, 0.25) is 0 Å². The number of quaternary nitrogens is 1. The molecule has 19 heavy (non-hydrogen) atoms. The summed E-state index contributed by atoms with van der Waals surface area (Å²) in [6.07, 6.45) is 3.14. The molecule has 0 aliphatic carbocycles. The fourth-order valence-electron chi connectivity index (χ4n) is 2.52. The Labute approximate surface area is 114 Å². The van der Waals surface area contributed by atoms with E-state index in [9.17, 15) is 9.90 Å². The van der Waals surface area contributed by atoms with E-state index in [0.717, 1.165) is 17.9 Å². The van der Waals surface area contributed by atoms with Crippen LogP contribution in [0.15, 0.2) is 24.3 Å². The maximum Gasteiger partial charge on any atom is 0.137 e. The van der Waals surface area contributed by atoms with E-state index in [-0.39, 0.29) is 6.42 Å². The lowest BCUT2D eigenvalue weighted by atomic mass is 10.1. The van der Waals surface area contributed by atoms with E-state index < -0.39 is 5.97 Å². The zero-order valence-electron chi connectivity index (χ0n) is 11.2. The van der Waals surface area contributed by atoms with Gasteiger partial charge in [-0.25, -0.2) is 0 Å². The summed E-state index contributed by atoms with van der Waals surface area (Å²) in [4.78, 5) is 12.1. The molecule has 4 nitrogen and oxygen atoms in total. The molecule has 2 rings (SSSR count). The van der Waals surface area contributed by atoms with Crippen LogP contribution >= 0.6 is 0 Å². The molecule has 1 saturated heterocycles. The first kappa shape index (κ1) is 13.9. The van der Waals surface area contributed by atoms with Crippen LogP contribution in [-0.2, 0) is 11.2 Å². The molecule has 4 heteroatoms. The quantitative estimate of drug-likeness (QED) is 0.716. The zero-order valence-corrected chi connectivity index (χ0v) is 11.2. The predicted octanol–water partition coefficient (Wildman–Crippen LogP) is -0.573. The highest BCUT2D eigenvalue weighted by Gasteiger charge is 2.14. The number of aliphatic carboxylic acids is 1. The standard InChI is InChI=1S/C15H21NO3/c17-15(18)8-7-13-5-1-2-6-14(13)19-12-11-16-9-3-4-10-16/h1-2,5-6H,3-4,7-12H2,(H,17,18). The molecule has 1 heterocycles. The van der Waals surface area contributed by atoms with E-state index in [1.807, 2.05) is 24.3 Å². The topological polar surface area (TPSA) is 53.8 Å². The Morgan fingerprint density at radius 3 is 2.74 bits per heavy atom. The lowest BCUT2D eigenvalue weighted by Gasteiger charge is -2.15. The summed E-state index contributed by atoms with van der Waals surface area (Å²) < 4.78 is 5.80. The third-order valence-electron chi connectivity index (χ3n) is 3.59. The van der Waals surface area contributed by atoms with Crippen molar-refractivity contribution in [1.82, 2.24) is 0 Å². The van der Waals surface area contributed by atoms with Gasteiger partial charge in [0.2, 0.25) is 0 Å². The third kappa shape index (κ3) is 4.56. The Morgan fingerprint density at radius 1 is 1.26 bits per heavy atom. The van der Waals surface area contributed by atoms with Crippen LogP contribution in [0.3, 0.4) is 0 Å². The largest absolute Gasteiger partial charge is 0.550 e. The summed E-state index contributed by atoms with van der Waals surface area (Å²) in [5, 5.41) is 10.5. The maximum atomic E-state index is 10.5. The van der Waals surface area contributed by atoms with Crippen LogP contribution in [0.4, 0.5) is 0 Å². The number of likely N-dealkylation sites (tertiary alicyclic amines) is 1. The Morgan fingerprint density at radius 2 is 2.00 bits per heavy atom. The molecule has 1 aliphatic heterocycles. The number of aryl methyl sites for hydroxylation is 1. The van der Waals surface area contributed by atoms with Crippen LogP contribution in [0.25, 0.3) is 0 Å². The molecule has 0 atom stereocenters. The van der Waals surface area contributed by atoms with E-state index in [4.69, 9.17) is 4.74 Å². The average Bonchev–Trinajstić information content (AvgIpc) is 2.91. The van der Waals surface area contributed by atoms with Crippen LogP contribution < -0.4 is 14.7 Å². The van der Waals surface area contributed by atoms with Crippen molar-refractivity contribution in [2.24, 2.45) is 0 Å². The van der Waals surface area contributed by atoms with Crippen molar-refractivity contribution < 1.29 is 19.5 Å². The predicted molar refractivity (Wildman–Crippen MR) is 70.1 cm³/mol. The average molecular weight is 263 g/mol. The monoisotopic (exact) mass is 263 g/mol. The van der Waals surface area contributed by atoms with Crippen LogP contribution in [0.1, 0.15) is 24.8 Å². The van der Waals surface area contributed by atoms with Crippen molar-refractivity contribution >= 4 is 5.97 Å². The molecule has 0 aromatic heterocycles. The van der Waals surface area contributed by atoms with E-state index in [1.165, 1.54) is 25.9 Å². The molecule has 1 aliphatic rings. The van der Waals surface area contributed by atoms with Gasteiger partial charge in [-0.3, -0.25) is 0 Å². The van der Waals surface area contributed by atoms with Gasteiger partial charge in [0.05, 0.1) is 13.1 Å². The van der Waals surface area contributed by atoms with E-state index >= 15 is 0 Å². The van der Waals surface area contributed by atoms with E-state index in [1.54, 1.807) is 4.90 Å². The summed E-state index contributed by atoms with van der Waals surface area (Å²) in [7, 11) is 0. The minimum atomic E-state index is -1.02. The first-order valence-electron chi connectivity index (χ1n) is 7.00. The number of carbonyl (C=O) groups is 1. The smallest absolute Gasteiger partial charge is 0.137 e. The van der Waals surface area contributed by atoms with E-state index in [0.29, 0.717) is 13.0 Å². The normalized spacial score (nSPS) is 15.6. The van der Waals surface area contributed by atoms with Gasteiger partial charge in [0, 0.05) is 18.8 Å². The van der Waals surface area contributed by atoms with Gasteiger partial charge < -0.3 is 19.5 Å². The molecule has 1 aromatic carbocycles. The van der Waals surface area contributed by atoms with Crippen LogP contribution in [-0.4, -0.2) is 32.2 Å². The second-order valence-electron chi connectivity index (χ2n) is 5.04. The third-order valence-corrected chi connectivity index (χ3v) is 3.59. The fourth-order valence-corrected chi connectivity index (χ4v) is 2.52. The molecular formula is C15H21NO3. The molecule has 0 radical (unpaired) electrons. The van der Waals surface area contributed by atoms with Gasteiger partial charge in [-0.2, -0.15) is 0 Å². The van der Waals surface area contributed by atoms with Crippen LogP contribution in [0, 0.1) is 0 Å². The lowest BCUT2D eigenvalue weighted by Crippen LogP contribution is -3.10. The van der Waals surface area contributed by atoms with Gasteiger partial charge in [0.1, 0.15) is 18.9 Å². The molecule has 104 valence electrons. The molecule has 0 unspecified atom stereocenters. The molecular weight excluding hydrogens is 242 g/mol. The number of benzene rings is 1.